The molecule has 0 bridgehead atoms. The fraction of sp³-hybridized carbons (Fsp3) is 0.286. The number of aryl methyl sites for hydroxylation is 1. The molecule has 0 saturated carbocycles. The van der Waals surface area contributed by atoms with Gasteiger partial charge in [0.25, 0.3) is 11.8 Å². The Morgan fingerprint density at radius 2 is 1.87 bits per heavy atom. The van der Waals surface area contributed by atoms with E-state index in [1.54, 1.807) is 36.4 Å². The Morgan fingerprint density at radius 3 is 2.52 bits per heavy atom. The van der Waals surface area contributed by atoms with Gasteiger partial charge in [-0.1, -0.05) is 12.1 Å². The van der Waals surface area contributed by atoms with Crippen molar-refractivity contribution in [3.05, 3.63) is 58.7 Å². The van der Waals surface area contributed by atoms with E-state index in [-0.39, 0.29) is 56.4 Å². The van der Waals surface area contributed by atoms with E-state index < -0.39 is 0 Å². The molecule has 0 unspecified atom stereocenters. The maximum absolute atomic E-state index is 12.6. The molecule has 31 heavy (non-hydrogen) atoms. The summed E-state index contributed by atoms with van der Waals surface area (Å²) in [5.74, 6) is 0.0804. The molecule has 168 valence electrons. The van der Waals surface area contributed by atoms with Crippen molar-refractivity contribution in [2.24, 2.45) is 5.73 Å². The van der Waals surface area contributed by atoms with E-state index in [1.165, 1.54) is 7.05 Å². The van der Waals surface area contributed by atoms with Crippen LogP contribution in [-0.2, 0) is 11.3 Å². The molecule has 2 aromatic carbocycles. The molecule has 2 rings (SSSR count). The molecule has 10 heteroatoms. The van der Waals surface area contributed by atoms with Crippen molar-refractivity contribution >= 4 is 30.1 Å². The molecule has 0 aromatic heterocycles. The number of benzene rings is 2. The molecule has 6 N–H and O–H groups in total. The SMILES string of the molecule is CNC(=O)COc1cc(C(=N)N)ccc1CNC(=O)c1cc(C)cc(OCCO)c1.Cl. The third-order valence-electron chi connectivity index (χ3n) is 4.13. The Hall–Kier alpha value is -3.30. The van der Waals surface area contributed by atoms with Crippen molar-refractivity contribution in [3.63, 3.8) is 0 Å². The fourth-order valence-corrected chi connectivity index (χ4v) is 2.62. The van der Waals surface area contributed by atoms with Gasteiger partial charge in [0.2, 0.25) is 0 Å². The van der Waals surface area contributed by atoms with Gasteiger partial charge in [0.05, 0.1) is 6.61 Å². The minimum Gasteiger partial charge on any atom is -0.491 e. The molecule has 0 atom stereocenters. The highest BCUT2D eigenvalue weighted by Gasteiger charge is 2.13. The highest BCUT2D eigenvalue weighted by molar-refractivity contribution is 5.96. The molecule has 2 amide bonds. The van der Waals surface area contributed by atoms with Gasteiger partial charge in [-0.3, -0.25) is 15.0 Å². The normalized spacial score (nSPS) is 9.90. The fourth-order valence-electron chi connectivity index (χ4n) is 2.62. The second-order valence-electron chi connectivity index (χ2n) is 6.49. The lowest BCUT2D eigenvalue weighted by molar-refractivity contribution is -0.122. The molecule has 9 nitrogen and oxygen atoms in total. The predicted octanol–water partition coefficient (Wildman–Crippen LogP) is 1.13. The van der Waals surface area contributed by atoms with Crippen molar-refractivity contribution in [3.8, 4) is 11.5 Å². The number of ether oxygens (including phenoxy) is 2. The first-order chi connectivity index (χ1) is 14.3. The van der Waals surface area contributed by atoms with Crippen LogP contribution in [0.3, 0.4) is 0 Å². The number of nitrogens with one attached hydrogen (secondary N) is 3. The largest absolute Gasteiger partial charge is 0.491 e. The smallest absolute Gasteiger partial charge is 0.257 e. The monoisotopic (exact) mass is 450 g/mol. The summed E-state index contributed by atoms with van der Waals surface area (Å²) in [5.41, 5.74) is 7.86. The Balaban J connectivity index is 0.00000480. The third-order valence-corrected chi connectivity index (χ3v) is 4.13. The van der Waals surface area contributed by atoms with E-state index in [1.807, 2.05) is 6.92 Å². The highest BCUT2D eigenvalue weighted by Crippen LogP contribution is 2.21. The Bertz CT molecular complexity index is 936. The maximum atomic E-state index is 12.6. The summed E-state index contributed by atoms with van der Waals surface area (Å²) < 4.78 is 10.9. The van der Waals surface area contributed by atoms with Crippen LogP contribution in [0.2, 0.25) is 0 Å². The molecule has 0 radical (unpaired) electrons. The number of carbonyl (C=O) groups excluding carboxylic acids is 2. The van der Waals surface area contributed by atoms with Gasteiger partial charge in [0.15, 0.2) is 6.61 Å². The summed E-state index contributed by atoms with van der Waals surface area (Å²) in [6, 6.07) is 9.98. The molecule has 0 heterocycles. The number of hydrogen-bond donors (Lipinski definition) is 5. The lowest BCUT2D eigenvalue weighted by Gasteiger charge is -2.14. The molecule has 0 aliphatic rings. The molecule has 0 spiro atoms. The second kappa shape index (κ2) is 12.4. The number of aliphatic hydroxyl groups excluding tert-OH is 1. The zero-order valence-corrected chi connectivity index (χ0v) is 18.2. The number of halogens is 1. The van der Waals surface area contributed by atoms with E-state index in [0.717, 1.165) is 5.56 Å². The topological polar surface area (TPSA) is 147 Å². The van der Waals surface area contributed by atoms with Gasteiger partial charge in [-0.05, 0) is 36.8 Å². The van der Waals surface area contributed by atoms with Crippen molar-refractivity contribution in [2.45, 2.75) is 13.5 Å². The summed E-state index contributed by atoms with van der Waals surface area (Å²) in [7, 11) is 1.50. The lowest BCUT2D eigenvalue weighted by atomic mass is 10.1. The minimum atomic E-state index is -0.319. The quantitative estimate of drug-likeness (QED) is 0.271. The van der Waals surface area contributed by atoms with Crippen molar-refractivity contribution < 1.29 is 24.2 Å². The molecule has 0 saturated heterocycles. The zero-order valence-electron chi connectivity index (χ0n) is 17.4. The van der Waals surface area contributed by atoms with Crippen molar-refractivity contribution in [1.82, 2.24) is 10.6 Å². The van der Waals surface area contributed by atoms with Crippen LogP contribution in [0.4, 0.5) is 0 Å². The number of aliphatic hydroxyl groups is 1. The van der Waals surface area contributed by atoms with Crippen molar-refractivity contribution in [2.75, 3.05) is 26.9 Å². The average Bonchev–Trinajstić information content (AvgIpc) is 2.73. The lowest BCUT2D eigenvalue weighted by Crippen LogP contribution is -2.26. The van der Waals surface area contributed by atoms with Gasteiger partial charge in [0, 0.05) is 30.3 Å². The molecular weight excluding hydrogens is 424 g/mol. The maximum Gasteiger partial charge on any atom is 0.257 e. The van der Waals surface area contributed by atoms with Crippen LogP contribution < -0.4 is 25.8 Å². The molecule has 0 aliphatic heterocycles. The van der Waals surface area contributed by atoms with E-state index in [4.69, 9.17) is 25.7 Å². The number of hydrogen-bond acceptors (Lipinski definition) is 6. The van der Waals surface area contributed by atoms with Gasteiger partial charge in [-0.25, -0.2) is 0 Å². The standard InChI is InChI=1S/C21H26N4O5.ClH/c1-13-7-16(9-17(8-13)29-6-5-26)21(28)25-11-15-4-3-14(20(22)23)10-18(15)30-12-19(27)24-2;/h3-4,7-10,26H,5-6,11-12H2,1-2H3,(H3,22,23)(H,24,27)(H,25,28);1H. The zero-order chi connectivity index (χ0) is 22.1. The van der Waals surface area contributed by atoms with Gasteiger partial charge in [0.1, 0.15) is 23.9 Å². The Morgan fingerprint density at radius 1 is 1.13 bits per heavy atom. The summed E-state index contributed by atoms with van der Waals surface area (Å²) in [6.07, 6.45) is 0. The summed E-state index contributed by atoms with van der Waals surface area (Å²) in [5, 5.41) is 21.7. The molecule has 2 aromatic rings. The first-order valence-corrected chi connectivity index (χ1v) is 9.28. The van der Waals surface area contributed by atoms with Crippen LogP contribution in [0.5, 0.6) is 11.5 Å². The number of amides is 2. The Labute approximate surface area is 186 Å². The van der Waals surface area contributed by atoms with Gasteiger partial charge < -0.3 is 30.9 Å². The molecule has 0 fully saturated rings. The minimum absolute atomic E-state index is 0. The number of rotatable bonds is 10. The van der Waals surface area contributed by atoms with Crippen LogP contribution in [0.1, 0.15) is 27.0 Å². The second-order valence-corrected chi connectivity index (χ2v) is 6.49. The van der Waals surface area contributed by atoms with Crippen LogP contribution >= 0.6 is 12.4 Å². The number of carbonyl (C=O) groups is 2. The first kappa shape index (κ1) is 25.7. The van der Waals surface area contributed by atoms with Crippen LogP contribution in [0.15, 0.2) is 36.4 Å². The number of nitrogens with two attached hydrogens (primary N) is 1. The van der Waals surface area contributed by atoms with E-state index in [0.29, 0.717) is 28.2 Å². The third kappa shape index (κ3) is 7.80. The first-order valence-electron chi connectivity index (χ1n) is 9.28. The predicted molar refractivity (Wildman–Crippen MR) is 119 cm³/mol. The van der Waals surface area contributed by atoms with Crippen molar-refractivity contribution in [1.29, 1.82) is 5.41 Å². The molecule has 0 aliphatic carbocycles. The van der Waals surface area contributed by atoms with Crippen LogP contribution in [0.25, 0.3) is 0 Å². The van der Waals surface area contributed by atoms with E-state index in [2.05, 4.69) is 10.6 Å². The average molecular weight is 451 g/mol. The van der Waals surface area contributed by atoms with E-state index >= 15 is 0 Å². The molecular formula is C21H27ClN4O5. The number of amidine groups is 1. The van der Waals surface area contributed by atoms with Crippen LogP contribution in [0, 0.1) is 12.3 Å². The van der Waals surface area contributed by atoms with Crippen LogP contribution in [-0.4, -0.2) is 49.6 Å². The number of nitrogen functional groups attached to an aromatic ring is 1. The summed E-state index contributed by atoms with van der Waals surface area (Å²) in [6.45, 7) is 1.79. The highest BCUT2D eigenvalue weighted by atomic mass is 35.5. The van der Waals surface area contributed by atoms with E-state index in [9.17, 15) is 9.59 Å². The summed E-state index contributed by atoms with van der Waals surface area (Å²) in [4.78, 5) is 24.1. The number of likely N-dealkylation sites (N-methyl/N-ethyl adjacent to an activating group) is 1. The Kier molecular flexibility index (Phi) is 10.3. The van der Waals surface area contributed by atoms with Gasteiger partial charge in [-0.2, -0.15) is 0 Å². The van der Waals surface area contributed by atoms with Gasteiger partial charge >= 0.3 is 0 Å². The van der Waals surface area contributed by atoms with Gasteiger partial charge in [-0.15, -0.1) is 12.4 Å². The summed E-state index contributed by atoms with van der Waals surface area (Å²) >= 11 is 0.